The van der Waals surface area contributed by atoms with Gasteiger partial charge in [-0.1, -0.05) is 52.5 Å². The fourth-order valence-electron chi connectivity index (χ4n) is 1.97. The molecule has 2 rings (SSSR count). The Morgan fingerprint density at radius 2 is 1.64 bits per heavy atom. The van der Waals surface area contributed by atoms with Crippen LogP contribution in [0.5, 0.6) is 0 Å². The Hall–Kier alpha value is -2.02. The molecule has 9 heteroatoms. The van der Waals surface area contributed by atoms with Crippen LogP contribution in [0.25, 0.3) is 0 Å². The number of nitro benzene ring substituents is 1. The number of halogens is 3. The molecule has 0 bridgehead atoms. The first-order valence-corrected chi connectivity index (χ1v) is 8.25. The molecule has 0 spiro atoms. The predicted molar refractivity (Wildman–Crippen MR) is 99.4 cm³/mol. The zero-order chi connectivity index (χ0) is 18.6. The smallest absolute Gasteiger partial charge is 0.269 e. The van der Waals surface area contributed by atoms with Gasteiger partial charge >= 0.3 is 0 Å². The number of non-ortho nitro benzene ring substituents is 1. The first-order chi connectivity index (χ1) is 11.7. The molecule has 0 aliphatic carbocycles. The molecule has 0 aliphatic rings. The number of rotatable bonds is 5. The van der Waals surface area contributed by atoms with E-state index in [-0.39, 0.29) is 5.69 Å². The Kier molecular flexibility index (Phi) is 6.11. The van der Waals surface area contributed by atoms with E-state index >= 15 is 0 Å². The van der Waals surface area contributed by atoms with Crippen LogP contribution in [0.4, 0.5) is 11.4 Å². The summed E-state index contributed by atoms with van der Waals surface area (Å²) in [6.45, 7) is 1.90. The zero-order valence-corrected chi connectivity index (χ0v) is 15.3. The third kappa shape index (κ3) is 5.49. The molecule has 0 fully saturated rings. The quantitative estimate of drug-likeness (QED) is 0.335. The molecule has 2 N–H and O–H groups in total. The minimum absolute atomic E-state index is 0.0697. The first kappa shape index (κ1) is 19.3. The van der Waals surface area contributed by atoms with E-state index in [0.717, 1.165) is 5.56 Å². The van der Waals surface area contributed by atoms with Gasteiger partial charge in [0, 0.05) is 23.4 Å². The van der Waals surface area contributed by atoms with Crippen molar-refractivity contribution < 1.29 is 9.72 Å². The fraction of sp³-hybridized carbons (Fsp3) is 0.188. The SMILES string of the molecule is Cc1ccc(C(=O)N[C@H](Nc2ccc([N+](=O)[O-])cc2)C(Cl)(Cl)Cl)cc1. The summed E-state index contributed by atoms with van der Waals surface area (Å²) in [7, 11) is 0. The van der Waals surface area contributed by atoms with Crippen LogP contribution >= 0.6 is 34.8 Å². The molecule has 0 aliphatic heterocycles. The Labute approximate surface area is 159 Å². The van der Waals surface area contributed by atoms with Crippen molar-refractivity contribution in [2.24, 2.45) is 0 Å². The molecule has 1 amide bonds. The molecule has 0 unspecified atom stereocenters. The number of nitrogens with one attached hydrogen (secondary N) is 2. The summed E-state index contributed by atoms with van der Waals surface area (Å²) in [6.07, 6.45) is -1.05. The van der Waals surface area contributed by atoms with E-state index in [0.29, 0.717) is 11.3 Å². The van der Waals surface area contributed by atoms with E-state index in [1.54, 1.807) is 24.3 Å². The summed E-state index contributed by atoms with van der Waals surface area (Å²) in [5.74, 6) is -0.425. The van der Waals surface area contributed by atoms with Crippen LogP contribution in [0.2, 0.25) is 0 Å². The lowest BCUT2D eigenvalue weighted by Gasteiger charge is -2.27. The van der Waals surface area contributed by atoms with Crippen molar-refractivity contribution >= 4 is 52.1 Å². The minimum atomic E-state index is -1.85. The van der Waals surface area contributed by atoms with Crippen molar-refractivity contribution in [2.45, 2.75) is 16.9 Å². The summed E-state index contributed by atoms with van der Waals surface area (Å²) in [6, 6.07) is 12.4. The van der Waals surface area contributed by atoms with Crippen LogP contribution in [0.1, 0.15) is 15.9 Å². The molecule has 0 saturated carbocycles. The Balaban J connectivity index is 2.15. The Morgan fingerprint density at radius 1 is 1.08 bits per heavy atom. The summed E-state index contributed by atoms with van der Waals surface area (Å²) >= 11 is 17.8. The average molecular weight is 403 g/mol. The molecule has 6 nitrogen and oxygen atoms in total. The third-order valence-corrected chi connectivity index (χ3v) is 3.96. The highest BCUT2D eigenvalue weighted by Crippen LogP contribution is 2.31. The average Bonchev–Trinajstić information content (AvgIpc) is 2.54. The summed E-state index contributed by atoms with van der Waals surface area (Å²) < 4.78 is -1.85. The number of hydrogen-bond acceptors (Lipinski definition) is 4. The molecule has 2 aromatic rings. The maximum atomic E-state index is 12.3. The van der Waals surface area contributed by atoms with Gasteiger partial charge in [0.1, 0.15) is 6.17 Å². The number of alkyl halides is 3. The number of nitrogens with zero attached hydrogens (tertiary/aromatic N) is 1. The van der Waals surface area contributed by atoms with Gasteiger partial charge in [0.25, 0.3) is 11.6 Å². The number of nitro groups is 1. The monoisotopic (exact) mass is 401 g/mol. The number of carbonyl (C=O) groups excluding carboxylic acids is 1. The molecule has 132 valence electrons. The lowest BCUT2D eigenvalue weighted by Crippen LogP contribution is -2.49. The van der Waals surface area contributed by atoms with Gasteiger partial charge < -0.3 is 10.6 Å². The molecule has 25 heavy (non-hydrogen) atoms. The zero-order valence-electron chi connectivity index (χ0n) is 13.0. The number of hydrogen-bond donors (Lipinski definition) is 2. The van der Waals surface area contributed by atoms with Crippen LogP contribution in [-0.4, -0.2) is 20.8 Å². The fourth-order valence-corrected chi connectivity index (χ4v) is 2.29. The van der Waals surface area contributed by atoms with E-state index in [1.807, 2.05) is 6.92 Å². The van der Waals surface area contributed by atoms with Crippen molar-refractivity contribution in [2.75, 3.05) is 5.32 Å². The topological polar surface area (TPSA) is 84.3 Å². The summed E-state index contributed by atoms with van der Waals surface area (Å²) in [5.41, 5.74) is 1.81. The molecular weight excluding hydrogens is 389 g/mol. The Morgan fingerprint density at radius 3 is 2.12 bits per heavy atom. The van der Waals surface area contributed by atoms with E-state index in [2.05, 4.69) is 10.6 Å². The van der Waals surface area contributed by atoms with Gasteiger partial charge in [0.2, 0.25) is 3.79 Å². The molecule has 0 saturated heterocycles. The van der Waals surface area contributed by atoms with Crippen molar-refractivity contribution in [3.63, 3.8) is 0 Å². The van der Waals surface area contributed by atoms with Crippen molar-refractivity contribution in [1.82, 2.24) is 5.32 Å². The van der Waals surface area contributed by atoms with Crippen molar-refractivity contribution in [1.29, 1.82) is 0 Å². The van der Waals surface area contributed by atoms with E-state index in [4.69, 9.17) is 34.8 Å². The lowest BCUT2D eigenvalue weighted by atomic mass is 10.1. The second kappa shape index (κ2) is 7.91. The van der Waals surface area contributed by atoms with Gasteiger partial charge in [0.05, 0.1) is 4.92 Å². The van der Waals surface area contributed by atoms with Gasteiger partial charge in [-0.05, 0) is 31.2 Å². The second-order valence-corrected chi connectivity index (χ2v) is 7.63. The second-order valence-electron chi connectivity index (χ2n) is 5.26. The van der Waals surface area contributed by atoms with Gasteiger partial charge in [-0.3, -0.25) is 14.9 Å². The highest BCUT2D eigenvalue weighted by atomic mass is 35.6. The van der Waals surface area contributed by atoms with E-state index in [9.17, 15) is 14.9 Å². The van der Waals surface area contributed by atoms with Crippen molar-refractivity contribution in [3.8, 4) is 0 Å². The molecular formula is C16H14Cl3N3O3. The number of amides is 1. The Bertz CT molecular complexity index is 759. The van der Waals surface area contributed by atoms with Crippen LogP contribution in [-0.2, 0) is 0 Å². The number of aryl methyl sites for hydroxylation is 1. The molecule has 0 radical (unpaired) electrons. The summed E-state index contributed by atoms with van der Waals surface area (Å²) in [4.78, 5) is 22.5. The maximum Gasteiger partial charge on any atom is 0.269 e. The largest absolute Gasteiger partial charge is 0.362 e. The van der Waals surface area contributed by atoms with E-state index < -0.39 is 20.8 Å². The molecule has 0 aromatic heterocycles. The van der Waals surface area contributed by atoms with Gasteiger partial charge in [-0.2, -0.15) is 0 Å². The molecule has 0 heterocycles. The first-order valence-electron chi connectivity index (χ1n) is 7.12. The molecule has 1 atom stereocenters. The highest BCUT2D eigenvalue weighted by molar-refractivity contribution is 6.68. The minimum Gasteiger partial charge on any atom is -0.362 e. The predicted octanol–water partition coefficient (Wildman–Crippen LogP) is 4.44. The van der Waals surface area contributed by atoms with Crippen LogP contribution in [0.3, 0.4) is 0 Å². The van der Waals surface area contributed by atoms with Gasteiger partial charge in [-0.15, -0.1) is 0 Å². The number of anilines is 1. The van der Waals surface area contributed by atoms with Crippen LogP contribution in [0, 0.1) is 17.0 Å². The normalized spacial score (nSPS) is 12.3. The van der Waals surface area contributed by atoms with Crippen molar-refractivity contribution in [3.05, 3.63) is 69.8 Å². The third-order valence-electron chi connectivity index (χ3n) is 3.31. The standard InChI is InChI=1S/C16H14Cl3N3O3/c1-10-2-4-11(5-3-10)14(23)21-15(16(17,18)19)20-12-6-8-13(9-7-12)22(24)25/h2-9,15,20H,1H3,(H,21,23)/t15-/m0/s1. The summed E-state index contributed by atoms with van der Waals surface area (Å²) in [5, 5.41) is 16.1. The van der Waals surface area contributed by atoms with Crippen LogP contribution < -0.4 is 10.6 Å². The maximum absolute atomic E-state index is 12.3. The van der Waals surface area contributed by atoms with Gasteiger partial charge in [0.15, 0.2) is 0 Å². The number of carbonyl (C=O) groups is 1. The lowest BCUT2D eigenvalue weighted by molar-refractivity contribution is -0.384. The number of benzene rings is 2. The molecule has 2 aromatic carbocycles. The van der Waals surface area contributed by atoms with Crippen LogP contribution in [0.15, 0.2) is 48.5 Å². The highest BCUT2D eigenvalue weighted by Gasteiger charge is 2.34. The van der Waals surface area contributed by atoms with Gasteiger partial charge in [-0.25, -0.2) is 0 Å². The van der Waals surface area contributed by atoms with E-state index in [1.165, 1.54) is 24.3 Å².